The second-order valence-corrected chi connectivity index (χ2v) is 7.79. The molecule has 0 saturated carbocycles. The first-order chi connectivity index (χ1) is 13.2. The quantitative estimate of drug-likeness (QED) is 0.777. The van der Waals surface area contributed by atoms with E-state index in [0.717, 1.165) is 42.9 Å². The minimum atomic E-state index is -0.163. The van der Waals surface area contributed by atoms with Crippen LogP contribution < -0.4 is 4.74 Å². The molecule has 0 unspecified atom stereocenters. The molecule has 1 aliphatic heterocycles. The molecule has 0 radical (unpaired) electrons. The number of fused-ring (bicyclic) bond motifs is 1. The number of benzene rings is 2. The van der Waals surface area contributed by atoms with E-state index in [1.165, 1.54) is 18.4 Å². The Morgan fingerprint density at radius 3 is 2.52 bits per heavy atom. The van der Waals surface area contributed by atoms with Gasteiger partial charge in [0.15, 0.2) is 0 Å². The van der Waals surface area contributed by atoms with Crippen molar-refractivity contribution in [2.24, 2.45) is 5.92 Å². The number of rotatable bonds is 6. The van der Waals surface area contributed by atoms with E-state index in [-0.39, 0.29) is 5.82 Å². The zero-order valence-electron chi connectivity index (χ0n) is 15.6. The van der Waals surface area contributed by atoms with Gasteiger partial charge in [0.25, 0.3) is 0 Å². The van der Waals surface area contributed by atoms with Gasteiger partial charge >= 0.3 is 0 Å². The number of ether oxygens (including phenoxy) is 1. The van der Waals surface area contributed by atoms with Crippen molar-refractivity contribution in [2.45, 2.75) is 32.1 Å². The summed E-state index contributed by atoms with van der Waals surface area (Å²) < 4.78 is 18.9. The van der Waals surface area contributed by atoms with Crippen LogP contribution in [0.15, 0.2) is 42.5 Å². The van der Waals surface area contributed by atoms with Crippen LogP contribution >= 0.6 is 0 Å². The monoisotopic (exact) mass is 367 g/mol. The summed E-state index contributed by atoms with van der Waals surface area (Å²) in [5.74, 6) is 1.69. The van der Waals surface area contributed by atoms with Crippen molar-refractivity contribution in [1.29, 1.82) is 0 Å². The molecule has 0 atom stereocenters. The van der Waals surface area contributed by atoms with E-state index in [0.29, 0.717) is 31.1 Å². The first-order valence-electron chi connectivity index (χ1n) is 9.89. The van der Waals surface area contributed by atoms with Crippen LogP contribution in [0.2, 0.25) is 0 Å². The second kappa shape index (κ2) is 8.22. The molecule has 2 aliphatic rings. The Labute approximate surface area is 160 Å². The second-order valence-electron chi connectivity index (χ2n) is 7.79. The maximum absolute atomic E-state index is 13.0. The first kappa shape index (κ1) is 18.2. The lowest BCUT2D eigenvalue weighted by molar-refractivity contribution is -0.117. The van der Waals surface area contributed by atoms with Crippen LogP contribution in [0.5, 0.6) is 5.75 Å². The van der Waals surface area contributed by atoms with Crippen molar-refractivity contribution in [2.75, 3.05) is 26.2 Å². The van der Waals surface area contributed by atoms with Gasteiger partial charge in [0.1, 0.15) is 24.0 Å². The number of Topliss-reactive ketones (excluding diaryl/α,β-unsaturated/α-hetero) is 1. The highest BCUT2D eigenvalue weighted by molar-refractivity contribution is 5.88. The van der Waals surface area contributed by atoms with Gasteiger partial charge in [-0.1, -0.05) is 18.2 Å². The topological polar surface area (TPSA) is 29.5 Å². The van der Waals surface area contributed by atoms with E-state index in [1.807, 2.05) is 30.3 Å². The van der Waals surface area contributed by atoms with Crippen LogP contribution in [0.1, 0.15) is 29.5 Å². The van der Waals surface area contributed by atoms with Crippen LogP contribution in [0, 0.1) is 11.7 Å². The van der Waals surface area contributed by atoms with E-state index >= 15 is 0 Å². The number of piperidine rings is 1. The largest absolute Gasteiger partial charge is 0.492 e. The number of carbonyl (C=O) groups is 1. The third-order valence-corrected chi connectivity index (χ3v) is 5.77. The van der Waals surface area contributed by atoms with Crippen LogP contribution in [-0.2, 0) is 24.1 Å². The number of ketones is 1. The molecule has 4 heteroatoms. The number of carbonyl (C=O) groups excluding carboxylic acids is 1. The minimum absolute atomic E-state index is 0.163. The molecule has 0 bridgehead atoms. The molecule has 0 spiro atoms. The standard InChI is InChI=1S/C23H26FNO2/c24-21-4-1-17(2-5-21)13-18-7-9-25(10-8-18)11-12-27-23-6-3-19-14-22(26)15-20(19)16-23/h1-6,16,18H,7-15H2. The molecule has 1 heterocycles. The third kappa shape index (κ3) is 4.75. The molecule has 4 rings (SSSR count). The summed E-state index contributed by atoms with van der Waals surface area (Å²) in [5, 5.41) is 0. The lowest BCUT2D eigenvalue weighted by Gasteiger charge is -2.31. The normalized spacial score (nSPS) is 17.9. The molecule has 2 aromatic carbocycles. The lowest BCUT2D eigenvalue weighted by Crippen LogP contribution is -2.37. The van der Waals surface area contributed by atoms with E-state index in [4.69, 9.17) is 4.74 Å². The number of hydrogen-bond acceptors (Lipinski definition) is 3. The molecule has 3 nitrogen and oxygen atoms in total. The van der Waals surface area contributed by atoms with Gasteiger partial charge in [0, 0.05) is 19.4 Å². The fourth-order valence-electron chi connectivity index (χ4n) is 4.18. The zero-order chi connectivity index (χ0) is 18.6. The molecule has 142 valence electrons. The van der Waals surface area contributed by atoms with Crippen LogP contribution in [0.4, 0.5) is 4.39 Å². The van der Waals surface area contributed by atoms with Crippen molar-refractivity contribution >= 4 is 5.78 Å². The van der Waals surface area contributed by atoms with E-state index < -0.39 is 0 Å². The van der Waals surface area contributed by atoms with E-state index in [2.05, 4.69) is 4.90 Å². The van der Waals surface area contributed by atoms with Crippen molar-refractivity contribution in [3.63, 3.8) is 0 Å². The number of halogens is 1. The Bertz CT molecular complexity index is 795. The lowest BCUT2D eigenvalue weighted by atomic mass is 9.90. The fourth-order valence-corrected chi connectivity index (χ4v) is 4.18. The van der Waals surface area contributed by atoms with Crippen LogP contribution in [0.25, 0.3) is 0 Å². The number of nitrogens with zero attached hydrogens (tertiary/aromatic N) is 1. The molecule has 0 N–H and O–H groups in total. The molecule has 0 amide bonds. The van der Waals surface area contributed by atoms with Gasteiger partial charge in [-0.05, 0) is 79.2 Å². The summed E-state index contributed by atoms with van der Waals surface area (Å²) in [6.07, 6.45) is 4.52. The first-order valence-corrected chi connectivity index (χ1v) is 9.89. The fraction of sp³-hybridized carbons (Fsp3) is 0.435. The van der Waals surface area contributed by atoms with Gasteiger partial charge in [-0.3, -0.25) is 9.69 Å². The minimum Gasteiger partial charge on any atom is -0.492 e. The average molecular weight is 367 g/mol. The Hall–Kier alpha value is -2.20. The van der Waals surface area contributed by atoms with Gasteiger partial charge in [0.05, 0.1) is 0 Å². The maximum atomic E-state index is 13.0. The van der Waals surface area contributed by atoms with Gasteiger partial charge in [-0.25, -0.2) is 4.39 Å². The summed E-state index contributed by atoms with van der Waals surface area (Å²) in [5.41, 5.74) is 3.50. The highest BCUT2D eigenvalue weighted by Gasteiger charge is 2.20. The third-order valence-electron chi connectivity index (χ3n) is 5.77. The summed E-state index contributed by atoms with van der Waals surface area (Å²) in [7, 11) is 0. The van der Waals surface area contributed by atoms with Crippen molar-refractivity contribution in [3.05, 3.63) is 65.0 Å². The molecule has 1 fully saturated rings. The summed E-state index contributed by atoms with van der Waals surface area (Å²) >= 11 is 0. The highest BCUT2D eigenvalue weighted by Crippen LogP contribution is 2.25. The van der Waals surface area contributed by atoms with Gasteiger partial charge in [-0.2, -0.15) is 0 Å². The van der Waals surface area contributed by atoms with Crippen molar-refractivity contribution in [3.8, 4) is 5.75 Å². The Morgan fingerprint density at radius 2 is 1.74 bits per heavy atom. The van der Waals surface area contributed by atoms with Gasteiger partial charge < -0.3 is 4.74 Å². The molecule has 1 aliphatic carbocycles. The van der Waals surface area contributed by atoms with Crippen LogP contribution in [-0.4, -0.2) is 36.9 Å². The summed E-state index contributed by atoms with van der Waals surface area (Å²) in [6.45, 7) is 3.79. The van der Waals surface area contributed by atoms with Gasteiger partial charge in [0.2, 0.25) is 0 Å². The number of hydrogen-bond donors (Lipinski definition) is 0. The molecule has 27 heavy (non-hydrogen) atoms. The zero-order valence-corrected chi connectivity index (χ0v) is 15.6. The van der Waals surface area contributed by atoms with E-state index in [9.17, 15) is 9.18 Å². The Morgan fingerprint density at radius 1 is 1.00 bits per heavy atom. The molecule has 0 aromatic heterocycles. The van der Waals surface area contributed by atoms with Crippen molar-refractivity contribution in [1.82, 2.24) is 4.90 Å². The predicted molar refractivity (Wildman–Crippen MR) is 104 cm³/mol. The Kier molecular flexibility index (Phi) is 5.53. The number of likely N-dealkylation sites (tertiary alicyclic amines) is 1. The molecular weight excluding hydrogens is 341 g/mol. The summed E-state index contributed by atoms with van der Waals surface area (Å²) in [6, 6.07) is 12.9. The van der Waals surface area contributed by atoms with E-state index in [1.54, 1.807) is 12.1 Å². The maximum Gasteiger partial charge on any atom is 0.141 e. The van der Waals surface area contributed by atoms with Crippen molar-refractivity contribution < 1.29 is 13.9 Å². The molecular formula is C23H26FNO2. The van der Waals surface area contributed by atoms with Crippen LogP contribution in [0.3, 0.4) is 0 Å². The van der Waals surface area contributed by atoms with Gasteiger partial charge in [-0.15, -0.1) is 0 Å². The Balaban J connectivity index is 1.18. The predicted octanol–water partition coefficient (Wildman–Crippen LogP) is 3.83. The summed E-state index contributed by atoms with van der Waals surface area (Å²) in [4.78, 5) is 14.0. The molecule has 1 saturated heterocycles. The SMILES string of the molecule is O=C1Cc2ccc(OCCN3CCC(Cc4ccc(F)cc4)CC3)cc2C1. The smallest absolute Gasteiger partial charge is 0.141 e. The highest BCUT2D eigenvalue weighted by atomic mass is 19.1. The average Bonchev–Trinajstić information content (AvgIpc) is 3.04. The molecule has 2 aromatic rings.